The topological polar surface area (TPSA) is 75.5 Å². The van der Waals surface area contributed by atoms with Gasteiger partial charge in [-0.3, -0.25) is 9.99 Å². The number of aromatic nitrogens is 3. The summed E-state index contributed by atoms with van der Waals surface area (Å²) in [7, 11) is 3.56. The molecule has 4 rings (SSSR count). The van der Waals surface area contributed by atoms with E-state index >= 15 is 0 Å². The zero-order chi connectivity index (χ0) is 19.5. The molecule has 3 aromatic rings. The Balaban J connectivity index is 1.76. The average Bonchev–Trinajstić information content (AvgIpc) is 3.15. The minimum atomic E-state index is 0.135. The fourth-order valence-corrected chi connectivity index (χ4v) is 3.26. The van der Waals surface area contributed by atoms with Gasteiger partial charge < -0.3 is 10.1 Å². The molecule has 0 unspecified atom stereocenters. The van der Waals surface area contributed by atoms with E-state index in [1.807, 2.05) is 42.4 Å². The third-order valence-corrected chi connectivity index (χ3v) is 4.59. The van der Waals surface area contributed by atoms with E-state index in [4.69, 9.17) is 16.3 Å². The van der Waals surface area contributed by atoms with E-state index in [-0.39, 0.29) is 5.28 Å². The maximum atomic E-state index is 6.22. The van der Waals surface area contributed by atoms with Crippen LogP contribution in [0, 0.1) is 0 Å². The van der Waals surface area contributed by atoms with Gasteiger partial charge >= 0.3 is 0 Å². The van der Waals surface area contributed by atoms with Crippen molar-refractivity contribution >= 4 is 28.8 Å². The van der Waals surface area contributed by atoms with E-state index in [0.29, 0.717) is 17.3 Å². The first-order valence-electron chi connectivity index (χ1n) is 8.82. The van der Waals surface area contributed by atoms with Crippen molar-refractivity contribution in [2.75, 3.05) is 26.0 Å². The molecule has 142 valence electrons. The molecule has 1 aromatic carbocycles. The van der Waals surface area contributed by atoms with Crippen molar-refractivity contribution in [3.63, 3.8) is 0 Å². The highest BCUT2D eigenvalue weighted by Gasteiger charge is 2.19. The molecule has 0 aliphatic carbocycles. The molecule has 0 atom stereocenters. The van der Waals surface area contributed by atoms with E-state index < -0.39 is 0 Å². The lowest BCUT2D eigenvalue weighted by molar-refractivity contribution is 0.393. The second kappa shape index (κ2) is 7.82. The first kappa shape index (κ1) is 18.2. The number of ether oxygens (including phenoxy) is 1. The minimum Gasteiger partial charge on any atom is -0.491 e. The smallest absolute Gasteiger partial charge is 0.225 e. The van der Waals surface area contributed by atoms with Crippen LogP contribution in [0.4, 0.5) is 11.5 Å². The third kappa shape index (κ3) is 3.75. The van der Waals surface area contributed by atoms with Gasteiger partial charge in [-0.15, -0.1) is 0 Å². The Morgan fingerprint density at radius 1 is 1.11 bits per heavy atom. The predicted octanol–water partition coefficient (Wildman–Crippen LogP) is 3.98. The van der Waals surface area contributed by atoms with Crippen LogP contribution in [0.3, 0.4) is 0 Å². The highest BCUT2D eigenvalue weighted by atomic mass is 35.5. The molecule has 0 saturated carbocycles. The molecule has 0 fully saturated rings. The minimum absolute atomic E-state index is 0.135. The Morgan fingerprint density at radius 3 is 2.61 bits per heavy atom. The second-order valence-corrected chi connectivity index (χ2v) is 6.68. The average molecular weight is 395 g/mol. The van der Waals surface area contributed by atoms with Crippen LogP contribution in [-0.2, 0) is 0 Å². The van der Waals surface area contributed by atoms with Crippen LogP contribution in [0.2, 0.25) is 5.28 Å². The summed E-state index contributed by atoms with van der Waals surface area (Å²) in [5, 5.41) is 9.87. The lowest BCUT2D eigenvalue weighted by Gasteiger charge is -2.14. The summed E-state index contributed by atoms with van der Waals surface area (Å²) < 4.78 is 5.64. The SMILES string of the molecule is COc1c(Nc2ccncc2)nc(Cl)nc1-c1cccc(C2=NN(C)CC2)c1. The molecule has 3 heterocycles. The van der Waals surface area contributed by atoms with Gasteiger partial charge in [0.15, 0.2) is 11.6 Å². The summed E-state index contributed by atoms with van der Waals surface area (Å²) in [5.41, 5.74) is 4.44. The fraction of sp³-hybridized carbons (Fsp3) is 0.200. The molecule has 0 bridgehead atoms. The van der Waals surface area contributed by atoms with Crippen LogP contribution < -0.4 is 10.1 Å². The molecule has 1 aliphatic heterocycles. The molecule has 0 radical (unpaired) electrons. The largest absolute Gasteiger partial charge is 0.491 e. The number of benzene rings is 1. The molecule has 0 spiro atoms. The number of nitrogens with one attached hydrogen (secondary N) is 1. The molecule has 7 nitrogen and oxygen atoms in total. The number of hydrogen-bond donors (Lipinski definition) is 1. The number of methoxy groups -OCH3 is 1. The lowest BCUT2D eigenvalue weighted by atomic mass is 10.0. The van der Waals surface area contributed by atoms with Crippen molar-refractivity contribution < 1.29 is 4.74 Å². The molecular weight excluding hydrogens is 376 g/mol. The van der Waals surface area contributed by atoms with Crippen molar-refractivity contribution in [3.05, 3.63) is 59.6 Å². The summed E-state index contributed by atoms with van der Waals surface area (Å²) in [5.74, 6) is 1.01. The summed E-state index contributed by atoms with van der Waals surface area (Å²) in [6, 6.07) is 11.7. The highest BCUT2D eigenvalue weighted by molar-refractivity contribution is 6.28. The van der Waals surface area contributed by atoms with Gasteiger partial charge in [-0.25, -0.2) is 4.98 Å². The van der Waals surface area contributed by atoms with Crippen molar-refractivity contribution in [3.8, 4) is 17.0 Å². The highest BCUT2D eigenvalue weighted by Crippen LogP contribution is 2.36. The molecular formula is C20H19ClN6O. The molecule has 8 heteroatoms. The normalized spacial score (nSPS) is 13.4. The molecule has 1 N–H and O–H groups in total. The Hall–Kier alpha value is -3.19. The monoisotopic (exact) mass is 394 g/mol. The van der Waals surface area contributed by atoms with Gasteiger partial charge in [0.25, 0.3) is 0 Å². The number of halogens is 1. The molecule has 0 saturated heterocycles. The Morgan fingerprint density at radius 2 is 1.89 bits per heavy atom. The van der Waals surface area contributed by atoms with E-state index in [2.05, 4.69) is 31.4 Å². The summed E-state index contributed by atoms with van der Waals surface area (Å²) >= 11 is 6.22. The van der Waals surface area contributed by atoms with E-state index in [1.165, 1.54) is 0 Å². The Bertz CT molecular complexity index is 1020. The molecule has 1 aliphatic rings. The number of rotatable bonds is 5. The van der Waals surface area contributed by atoms with Crippen molar-refractivity contribution in [1.82, 2.24) is 20.0 Å². The van der Waals surface area contributed by atoms with Crippen LogP contribution >= 0.6 is 11.6 Å². The van der Waals surface area contributed by atoms with Crippen LogP contribution in [-0.4, -0.2) is 46.4 Å². The maximum absolute atomic E-state index is 6.22. The zero-order valence-electron chi connectivity index (χ0n) is 15.6. The number of pyridine rings is 1. The fourth-order valence-electron chi connectivity index (χ4n) is 3.09. The molecule has 2 aromatic heterocycles. The summed E-state index contributed by atoms with van der Waals surface area (Å²) in [6.07, 6.45) is 4.30. The standard InChI is InChI=1S/C20H19ClN6O/c1-27-11-8-16(26-27)13-4-3-5-14(12-13)17-18(28-2)19(25-20(21)24-17)23-15-6-9-22-10-7-15/h3-7,9-10,12H,8,11H2,1-2H3,(H,22,23,24,25). The first-order chi connectivity index (χ1) is 13.6. The van der Waals surface area contributed by atoms with Gasteiger partial charge in [0.05, 0.1) is 12.8 Å². The zero-order valence-corrected chi connectivity index (χ0v) is 16.3. The summed E-state index contributed by atoms with van der Waals surface area (Å²) in [4.78, 5) is 12.7. The Labute approximate surface area is 168 Å². The predicted molar refractivity (Wildman–Crippen MR) is 110 cm³/mol. The Kier molecular flexibility index (Phi) is 5.08. The van der Waals surface area contributed by atoms with E-state index in [0.717, 1.165) is 35.5 Å². The quantitative estimate of drug-likeness (QED) is 0.659. The van der Waals surface area contributed by atoms with E-state index in [1.54, 1.807) is 19.5 Å². The summed E-state index contributed by atoms with van der Waals surface area (Å²) in [6.45, 7) is 0.919. The van der Waals surface area contributed by atoms with Gasteiger partial charge in [-0.05, 0) is 35.4 Å². The van der Waals surface area contributed by atoms with Crippen molar-refractivity contribution in [2.24, 2.45) is 5.10 Å². The third-order valence-electron chi connectivity index (χ3n) is 4.42. The van der Waals surface area contributed by atoms with Crippen molar-refractivity contribution in [1.29, 1.82) is 0 Å². The number of anilines is 2. The van der Waals surface area contributed by atoms with Gasteiger partial charge in [0.2, 0.25) is 5.28 Å². The van der Waals surface area contributed by atoms with Gasteiger partial charge in [0.1, 0.15) is 5.69 Å². The lowest BCUT2D eigenvalue weighted by Crippen LogP contribution is -2.04. The van der Waals surface area contributed by atoms with Crippen molar-refractivity contribution in [2.45, 2.75) is 6.42 Å². The van der Waals surface area contributed by atoms with Gasteiger partial charge in [0, 0.05) is 43.7 Å². The van der Waals surface area contributed by atoms with Gasteiger partial charge in [-0.1, -0.05) is 18.2 Å². The first-order valence-corrected chi connectivity index (χ1v) is 9.20. The van der Waals surface area contributed by atoms with Gasteiger partial charge in [-0.2, -0.15) is 10.1 Å². The van der Waals surface area contributed by atoms with Crippen LogP contribution in [0.15, 0.2) is 53.9 Å². The number of hydrogen-bond acceptors (Lipinski definition) is 7. The van der Waals surface area contributed by atoms with Crippen LogP contribution in [0.5, 0.6) is 5.75 Å². The number of nitrogens with zero attached hydrogens (tertiary/aromatic N) is 5. The molecule has 0 amide bonds. The van der Waals surface area contributed by atoms with Crippen LogP contribution in [0.25, 0.3) is 11.3 Å². The second-order valence-electron chi connectivity index (χ2n) is 6.34. The van der Waals surface area contributed by atoms with E-state index in [9.17, 15) is 0 Å². The number of hydrazone groups is 1. The van der Waals surface area contributed by atoms with Crippen LogP contribution in [0.1, 0.15) is 12.0 Å². The maximum Gasteiger partial charge on any atom is 0.225 e. The molecule has 28 heavy (non-hydrogen) atoms.